The van der Waals surface area contributed by atoms with Crippen molar-refractivity contribution in [3.8, 4) is 0 Å². The highest BCUT2D eigenvalue weighted by Gasteiger charge is 2.29. The largest absolute Gasteiger partial charge is 0.524 e. The summed E-state index contributed by atoms with van der Waals surface area (Å²) in [6.07, 6.45) is 0. The second kappa shape index (κ2) is 3.62. The van der Waals surface area contributed by atoms with Gasteiger partial charge in [-0.2, -0.15) is 0 Å². The van der Waals surface area contributed by atoms with E-state index in [1.807, 2.05) is 13.1 Å². The molecule has 0 aliphatic heterocycles. The van der Waals surface area contributed by atoms with Gasteiger partial charge in [-0.25, -0.2) is 0 Å². The average molecular weight is 188 g/mol. The molecule has 0 saturated carbocycles. The molecular formula is C9H20O2Si. The Hall–Kier alpha value is -0.283. The molecule has 0 bridgehead atoms. The minimum atomic E-state index is -1.95. The molecule has 0 fully saturated rings. The predicted octanol–water partition coefficient (Wildman–Crippen LogP) is 2.91. The molecule has 0 aliphatic carbocycles. The minimum Gasteiger partial charge on any atom is -0.524 e. The Kier molecular flexibility index (Phi) is 3.54. The molecule has 72 valence electrons. The molecule has 0 rings (SSSR count). The van der Waals surface area contributed by atoms with E-state index in [9.17, 15) is 0 Å². The summed E-state index contributed by atoms with van der Waals surface area (Å²) in [6, 6.07) is 0. The van der Waals surface area contributed by atoms with E-state index < -0.39 is 8.56 Å². The first-order valence-corrected chi connectivity index (χ1v) is 6.94. The summed E-state index contributed by atoms with van der Waals surface area (Å²) in [5.74, 6) is 0.806. The van der Waals surface area contributed by atoms with Gasteiger partial charge in [-0.05, 0) is 13.1 Å². The Balaban J connectivity index is 4.20. The summed E-state index contributed by atoms with van der Waals surface area (Å²) in [7, 11) is -0.267. The van der Waals surface area contributed by atoms with Crippen LogP contribution in [0.25, 0.3) is 0 Å². The minimum absolute atomic E-state index is 0.00278. The Morgan fingerprint density at radius 2 is 1.67 bits per heavy atom. The number of hydrogen-bond acceptors (Lipinski definition) is 2. The number of allylic oxidation sites excluding steroid dienone is 1. The van der Waals surface area contributed by atoms with Gasteiger partial charge in [0.05, 0.1) is 5.76 Å². The molecule has 0 spiro atoms. The van der Waals surface area contributed by atoms with Crippen LogP contribution in [0, 0.1) is 5.41 Å². The van der Waals surface area contributed by atoms with E-state index in [0.29, 0.717) is 0 Å². The van der Waals surface area contributed by atoms with Crippen molar-refractivity contribution in [3.63, 3.8) is 0 Å². The molecular weight excluding hydrogens is 168 g/mol. The molecule has 0 amide bonds. The van der Waals surface area contributed by atoms with Crippen molar-refractivity contribution in [1.29, 1.82) is 0 Å². The molecule has 0 aromatic carbocycles. The van der Waals surface area contributed by atoms with Gasteiger partial charge < -0.3 is 8.85 Å². The van der Waals surface area contributed by atoms with Crippen molar-refractivity contribution < 1.29 is 8.85 Å². The monoisotopic (exact) mass is 188 g/mol. The highest BCUT2D eigenvalue weighted by atomic mass is 28.4. The Morgan fingerprint density at radius 1 is 1.25 bits per heavy atom. The van der Waals surface area contributed by atoms with Gasteiger partial charge in [-0.1, -0.05) is 27.4 Å². The van der Waals surface area contributed by atoms with E-state index in [1.165, 1.54) is 0 Å². The maximum absolute atomic E-state index is 5.67. The van der Waals surface area contributed by atoms with Gasteiger partial charge in [0.25, 0.3) is 0 Å². The van der Waals surface area contributed by atoms with Crippen LogP contribution in [0.3, 0.4) is 0 Å². The normalized spacial score (nSPS) is 12.8. The number of hydrogen-bond donors (Lipinski definition) is 0. The third-order valence-corrected chi connectivity index (χ3v) is 3.42. The maximum atomic E-state index is 5.67. The van der Waals surface area contributed by atoms with E-state index in [1.54, 1.807) is 7.11 Å². The molecule has 0 aromatic heterocycles. The molecule has 2 nitrogen and oxygen atoms in total. The van der Waals surface area contributed by atoms with Crippen LogP contribution >= 0.6 is 0 Å². The van der Waals surface area contributed by atoms with Crippen LogP contribution in [0.2, 0.25) is 13.1 Å². The van der Waals surface area contributed by atoms with Crippen LogP contribution in [-0.2, 0) is 8.85 Å². The van der Waals surface area contributed by atoms with E-state index in [2.05, 4.69) is 27.4 Å². The van der Waals surface area contributed by atoms with E-state index >= 15 is 0 Å². The van der Waals surface area contributed by atoms with Gasteiger partial charge in [0.15, 0.2) is 0 Å². The van der Waals surface area contributed by atoms with Crippen molar-refractivity contribution in [2.24, 2.45) is 5.41 Å². The van der Waals surface area contributed by atoms with Crippen molar-refractivity contribution in [1.82, 2.24) is 0 Å². The maximum Gasteiger partial charge on any atom is 0.391 e. The van der Waals surface area contributed by atoms with Crippen molar-refractivity contribution in [3.05, 3.63) is 12.3 Å². The van der Waals surface area contributed by atoms with Gasteiger partial charge in [-0.15, -0.1) is 0 Å². The zero-order valence-electron chi connectivity index (χ0n) is 9.02. The van der Waals surface area contributed by atoms with Crippen LogP contribution in [0.15, 0.2) is 12.3 Å². The highest BCUT2D eigenvalue weighted by molar-refractivity contribution is 6.64. The van der Waals surface area contributed by atoms with Gasteiger partial charge in [0.2, 0.25) is 0 Å². The zero-order valence-corrected chi connectivity index (χ0v) is 10.0. The average Bonchev–Trinajstić information content (AvgIpc) is 1.85. The lowest BCUT2D eigenvalue weighted by molar-refractivity contribution is 0.216. The molecule has 0 atom stereocenters. The molecule has 0 radical (unpaired) electrons. The Bertz CT molecular complexity index is 168. The second-order valence-electron chi connectivity index (χ2n) is 4.38. The van der Waals surface area contributed by atoms with Crippen LogP contribution < -0.4 is 0 Å². The molecule has 0 unspecified atom stereocenters. The van der Waals surface area contributed by atoms with Gasteiger partial charge in [0.1, 0.15) is 0 Å². The van der Waals surface area contributed by atoms with Crippen molar-refractivity contribution >= 4 is 8.56 Å². The fourth-order valence-corrected chi connectivity index (χ4v) is 1.47. The SMILES string of the molecule is C=C(O[Si](C)(C)OC)C(C)(C)C. The van der Waals surface area contributed by atoms with Crippen molar-refractivity contribution in [2.75, 3.05) is 7.11 Å². The molecule has 0 saturated heterocycles. The molecule has 0 aromatic rings. The summed E-state index contributed by atoms with van der Waals surface area (Å²) < 4.78 is 10.9. The van der Waals surface area contributed by atoms with Gasteiger partial charge in [-0.3, -0.25) is 0 Å². The molecule has 12 heavy (non-hydrogen) atoms. The topological polar surface area (TPSA) is 18.5 Å². The fourth-order valence-electron chi connectivity index (χ4n) is 0.491. The predicted molar refractivity (Wildman–Crippen MR) is 54.2 cm³/mol. The first-order valence-electron chi connectivity index (χ1n) is 4.12. The first kappa shape index (κ1) is 11.7. The summed E-state index contributed by atoms with van der Waals surface area (Å²) in [6.45, 7) is 14.1. The summed E-state index contributed by atoms with van der Waals surface area (Å²) >= 11 is 0. The van der Waals surface area contributed by atoms with Crippen molar-refractivity contribution in [2.45, 2.75) is 33.9 Å². The molecule has 0 aliphatic rings. The van der Waals surface area contributed by atoms with E-state index in [0.717, 1.165) is 5.76 Å². The van der Waals surface area contributed by atoms with Gasteiger partial charge >= 0.3 is 8.56 Å². The third kappa shape index (κ3) is 3.92. The lowest BCUT2D eigenvalue weighted by Gasteiger charge is -2.29. The van der Waals surface area contributed by atoms with E-state index in [-0.39, 0.29) is 5.41 Å². The Morgan fingerprint density at radius 3 is 1.92 bits per heavy atom. The van der Waals surface area contributed by atoms with Crippen LogP contribution in [0.1, 0.15) is 20.8 Å². The highest BCUT2D eigenvalue weighted by Crippen LogP contribution is 2.27. The third-order valence-electron chi connectivity index (χ3n) is 1.70. The lowest BCUT2D eigenvalue weighted by Crippen LogP contribution is -2.35. The lowest BCUT2D eigenvalue weighted by atomic mass is 9.95. The number of rotatable bonds is 3. The zero-order chi connectivity index (χ0) is 9.99. The Labute approximate surface area is 76.8 Å². The summed E-state index contributed by atoms with van der Waals surface area (Å²) in [5, 5.41) is 0. The van der Waals surface area contributed by atoms with Gasteiger partial charge in [0, 0.05) is 12.5 Å². The molecule has 0 N–H and O–H groups in total. The molecule has 0 heterocycles. The quantitative estimate of drug-likeness (QED) is 0.501. The summed E-state index contributed by atoms with van der Waals surface area (Å²) in [4.78, 5) is 0. The molecule has 3 heteroatoms. The second-order valence-corrected chi connectivity index (χ2v) is 7.79. The standard InChI is InChI=1S/C9H20O2Si/c1-8(9(2,3)4)11-12(6,7)10-5/h1H2,2-7H3. The van der Waals surface area contributed by atoms with Crippen LogP contribution in [-0.4, -0.2) is 15.7 Å². The van der Waals surface area contributed by atoms with Crippen LogP contribution in [0.5, 0.6) is 0 Å². The first-order chi connectivity index (χ1) is 5.19. The van der Waals surface area contributed by atoms with E-state index in [4.69, 9.17) is 8.85 Å². The summed E-state index contributed by atoms with van der Waals surface area (Å²) in [5.41, 5.74) is 0.00278. The fraction of sp³-hybridized carbons (Fsp3) is 0.778. The smallest absolute Gasteiger partial charge is 0.391 e. The van der Waals surface area contributed by atoms with Crippen LogP contribution in [0.4, 0.5) is 0 Å².